The number of hydrogen-bond donors (Lipinski definition) is 3. The fourth-order valence-corrected chi connectivity index (χ4v) is 3.93. The van der Waals surface area contributed by atoms with Gasteiger partial charge in [-0.05, 0) is 31.0 Å². The maximum atomic E-state index is 11.1. The fraction of sp³-hybridized carbons (Fsp3) is 0.500. The molecule has 2 unspecified atom stereocenters. The minimum absolute atomic E-state index is 0.453. The largest absolute Gasteiger partial charge is 0.465 e. The zero-order valence-electron chi connectivity index (χ0n) is 12.5. The molecule has 0 radical (unpaired) electrons. The molecule has 0 spiro atoms. The molecular formula is C14H22ClNO3Si. The van der Waals surface area contributed by atoms with Crippen molar-refractivity contribution >= 4 is 25.8 Å². The van der Waals surface area contributed by atoms with Crippen LogP contribution < -0.4 is 5.32 Å². The number of aliphatic hydroxyl groups excluding tert-OH is 1. The normalized spacial score (nSPS) is 16.4. The average Bonchev–Trinajstić information content (AvgIpc) is 2.25. The summed E-state index contributed by atoms with van der Waals surface area (Å²) in [5.74, 6) is 0. The zero-order chi connectivity index (χ0) is 15.7. The van der Waals surface area contributed by atoms with E-state index in [0.29, 0.717) is 10.6 Å². The smallest absolute Gasteiger partial charge is 0.405 e. The summed E-state index contributed by atoms with van der Waals surface area (Å²) in [5, 5.41) is 21.2. The van der Waals surface area contributed by atoms with Crippen LogP contribution in [0.5, 0.6) is 0 Å². The number of aliphatic hydroxyl groups is 1. The molecule has 0 saturated carbocycles. The summed E-state index contributed by atoms with van der Waals surface area (Å²) >= 11 is 6.20. The maximum Gasteiger partial charge on any atom is 0.405 e. The second kappa shape index (κ2) is 5.75. The Labute approximate surface area is 125 Å². The maximum absolute atomic E-state index is 11.1. The first-order chi connectivity index (χ1) is 8.99. The number of nitrogens with one attached hydrogen (secondary N) is 1. The molecule has 0 aliphatic carbocycles. The number of carbonyl (C=O) groups is 1. The van der Waals surface area contributed by atoms with Gasteiger partial charge in [0.15, 0.2) is 0 Å². The molecule has 2 atom stereocenters. The summed E-state index contributed by atoms with van der Waals surface area (Å²) in [7, 11) is -1.90. The molecule has 0 fully saturated rings. The first-order valence-corrected chi connectivity index (χ1v) is 10.4. The van der Waals surface area contributed by atoms with E-state index >= 15 is 0 Å². The van der Waals surface area contributed by atoms with E-state index in [1.807, 2.05) is 13.0 Å². The van der Waals surface area contributed by atoms with Crippen molar-refractivity contribution in [2.45, 2.75) is 44.8 Å². The minimum Gasteiger partial charge on any atom is -0.465 e. The van der Waals surface area contributed by atoms with Crippen LogP contribution in [-0.2, 0) is 5.16 Å². The number of benzene rings is 1. The number of hydrogen-bond acceptors (Lipinski definition) is 2. The highest BCUT2D eigenvalue weighted by molar-refractivity contribution is 6.79. The van der Waals surface area contributed by atoms with Gasteiger partial charge in [0, 0.05) is 5.02 Å². The Hall–Kier alpha value is -1.04. The summed E-state index contributed by atoms with van der Waals surface area (Å²) < 4.78 is 0. The topological polar surface area (TPSA) is 69.6 Å². The van der Waals surface area contributed by atoms with Gasteiger partial charge in [0.25, 0.3) is 0 Å². The molecule has 1 amide bonds. The van der Waals surface area contributed by atoms with Crippen LogP contribution in [0.2, 0.25) is 24.7 Å². The molecule has 0 aromatic heterocycles. The minimum atomic E-state index is -1.90. The molecule has 0 aliphatic heterocycles. The SMILES string of the molecule is CC(O)c1ccc(C(C)(NC(=O)O)[Si](C)(C)C)cc1Cl. The van der Waals surface area contributed by atoms with Crippen molar-refractivity contribution in [3.8, 4) is 0 Å². The highest BCUT2D eigenvalue weighted by atomic mass is 35.5. The highest BCUT2D eigenvalue weighted by Gasteiger charge is 2.42. The van der Waals surface area contributed by atoms with Crippen LogP contribution >= 0.6 is 11.6 Å². The summed E-state index contributed by atoms with van der Waals surface area (Å²) in [6, 6.07) is 5.34. The lowest BCUT2D eigenvalue weighted by Gasteiger charge is -2.41. The molecule has 6 heteroatoms. The van der Waals surface area contributed by atoms with E-state index in [-0.39, 0.29) is 0 Å². The fourth-order valence-electron chi connectivity index (χ4n) is 2.08. The Bertz CT molecular complexity index is 514. The Morgan fingerprint density at radius 2 is 1.95 bits per heavy atom. The third-order valence-electron chi connectivity index (χ3n) is 3.88. The molecule has 0 saturated heterocycles. The first kappa shape index (κ1) is 17.0. The lowest BCUT2D eigenvalue weighted by atomic mass is 10.0. The van der Waals surface area contributed by atoms with Crippen molar-refractivity contribution in [3.05, 3.63) is 34.3 Å². The second-order valence-corrected chi connectivity index (χ2v) is 12.1. The Morgan fingerprint density at radius 1 is 1.40 bits per heavy atom. The van der Waals surface area contributed by atoms with E-state index in [1.165, 1.54) is 0 Å². The molecule has 1 aromatic carbocycles. The molecular weight excluding hydrogens is 294 g/mol. The van der Waals surface area contributed by atoms with E-state index in [2.05, 4.69) is 25.0 Å². The molecule has 1 aromatic rings. The number of amides is 1. The molecule has 3 N–H and O–H groups in total. The summed E-state index contributed by atoms with van der Waals surface area (Å²) in [6.45, 7) is 9.83. The van der Waals surface area contributed by atoms with E-state index in [4.69, 9.17) is 16.7 Å². The summed E-state index contributed by atoms with van der Waals surface area (Å²) in [4.78, 5) is 11.1. The van der Waals surface area contributed by atoms with Gasteiger partial charge < -0.3 is 15.5 Å². The van der Waals surface area contributed by atoms with Gasteiger partial charge in [-0.15, -0.1) is 0 Å². The Balaban J connectivity index is 3.36. The van der Waals surface area contributed by atoms with Gasteiger partial charge in [0.05, 0.1) is 19.3 Å². The van der Waals surface area contributed by atoms with Gasteiger partial charge in [-0.1, -0.05) is 43.4 Å². The van der Waals surface area contributed by atoms with Crippen LogP contribution in [0.15, 0.2) is 18.2 Å². The van der Waals surface area contributed by atoms with Crippen LogP contribution in [0, 0.1) is 0 Å². The van der Waals surface area contributed by atoms with E-state index < -0.39 is 25.4 Å². The highest BCUT2D eigenvalue weighted by Crippen LogP contribution is 2.35. The van der Waals surface area contributed by atoms with E-state index in [1.54, 1.807) is 19.1 Å². The van der Waals surface area contributed by atoms with Gasteiger partial charge in [-0.2, -0.15) is 0 Å². The third-order valence-corrected chi connectivity index (χ3v) is 7.63. The summed E-state index contributed by atoms with van der Waals surface area (Å²) in [5.41, 5.74) is 1.47. The van der Waals surface area contributed by atoms with Crippen LogP contribution in [0.3, 0.4) is 0 Å². The van der Waals surface area contributed by atoms with Gasteiger partial charge in [0.2, 0.25) is 0 Å². The van der Waals surface area contributed by atoms with Crippen molar-refractivity contribution in [1.82, 2.24) is 5.32 Å². The number of carboxylic acid groups (broad SMARTS) is 1. The Morgan fingerprint density at radius 3 is 2.30 bits per heavy atom. The molecule has 1 rings (SSSR count). The second-order valence-electron chi connectivity index (χ2n) is 6.22. The van der Waals surface area contributed by atoms with E-state index in [0.717, 1.165) is 5.56 Å². The average molecular weight is 316 g/mol. The van der Waals surface area contributed by atoms with Gasteiger partial charge in [-0.25, -0.2) is 4.79 Å². The molecule has 20 heavy (non-hydrogen) atoms. The van der Waals surface area contributed by atoms with Crippen molar-refractivity contribution < 1.29 is 15.0 Å². The first-order valence-electron chi connectivity index (χ1n) is 6.48. The number of rotatable bonds is 4. The van der Waals surface area contributed by atoms with Crippen LogP contribution in [0.25, 0.3) is 0 Å². The molecule has 4 nitrogen and oxygen atoms in total. The zero-order valence-corrected chi connectivity index (χ0v) is 14.2. The molecule has 0 heterocycles. The predicted octanol–water partition coefficient (Wildman–Crippen LogP) is 3.75. The Kier molecular flexibility index (Phi) is 4.89. The van der Waals surface area contributed by atoms with Crippen LogP contribution in [0.4, 0.5) is 4.79 Å². The quantitative estimate of drug-likeness (QED) is 0.741. The lowest BCUT2D eigenvalue weighted by Crippen LogP contribution is -2.58. The third kappa shape index (κ3) is 3.34. The van der Waals surface area contributed by atoms with Gasteiger partial charge in [-0.3, -0.25) is 0 Å². The summed E-state index contributed by atoms with van der Waals surface area (Å²) in [6.07, 6.45) is -1.70. The molecule has 0 bridgehead atoms. The van der Waals surface area contributed by atoms with Gasteiger partial charge in [0.1, 0.15) is 0 Å². The van der Waals surface area contributed by atoms with E-state index in [9.17, 15) is 9.90 Å². The van der Waals surface area contributed by atoms with Crippen molar-refractivity contribution in [2.24, 2.45) is 0 Å². The predicted molar refractivity (Wildman–Crippen MR) is 83.9 cm³/mol. The van der Waals surface area contributed by atoms with Crippen molar-refractivity contribution in [3.63, 3.8) is 0 Å². The molecule has 0 aliphatic rings. The monoisotopic (exact) mass is 315 g/mol. The van der Waals surface area contributed by atoms with Crippen molar-refractivity contribution in [2.75, 3.05) is 0 Å². The van der Waals surface area contributed by atoms with Crippen molar-refractivity contribution in [1.29, 1.82) is 0 Å². The molecule has 112 valence electrons. The van der Waals surface area contributed by atoms with Crippen LogP contribution in [-0.4, -0.2) is 24.4 Å². The lowest BCUT2D eigenvalue weighted by molar-refractivity contribution is 0.187. The number of halogens is 1. The standard InChI is InChI=1S/C14H22ClNO3Si/c1-9(17)11-7-6-10(8-12(11)15)14(2,16-13(18)19)20(3,4)5/h6-9,16-17H,1-5H3,(H,18,19). The van der Waals surface area contributed by atoms with Gasteiger partial charge >= 0.3 is 6.09 Å². The van der Waals surface area contributed by atoms with Crippen LogP contribution in [0.1, 0.15) is 31.1 Å².